The van der Waals surface area contributed by atoms with Crippen LogP contribution in [0.3, 0.4) is 0 Å². The van der Waals surface area contributed by atoms with Crippen LogP contribution in [0.15, 0.2) is 30.3 Å². The number of anilines is 1. The van der Waals surface area contributed by atoms with Crippen LogP contribution in [0.25, 0.3) is 0 Å². The third kappa shape index (κ3) is 3.25. The van der Waals surface area contributed by atoms with E-state index in [-0.39, 0.29) is 6.42 Å². The fourth-order valence-corrected chi connectivity index (χ4v) is 0.723. The summed E-state index contributed by atoms with van der Waals surface area (Å²) in [5.74, 6) is -0.591. The highest BCUT2D eigenvalue weighted by Gasteiger charge is 2.00. The first-order valence-electron chi connectivity index (χ1n) is 3.70. The van der Waals surface area contributed by atoms with Crippen LogP contribution in [0.5, 0.6) is 0 Å². The fraction of sp³-hybridized carbons (Fsp3) is 0.111. The second kappa shape index (κ2) is 4.78. The summed E-state index contributed by atoms with van der Waals surface area (Å²) in [5.41, 5.74) is 3.10. The molecule has 0 atom stereocenters. The molecule has 1 rings (SSSR count). The maximum atomic E-state index is 10.7. The van der Waals surface area contributed by atoms with E-state index in [9.17, 15) is 4.79 Å². The van der Waals surface area contributed by atoms with Gasteiger partial charge in [-0.3, -0.25) is 0 Å². The second-order valence-corrected chi connectivity index (χ2v) is 2.28. The molecule has 13 heavy (non-hydrogen) atoms. The first-order valence-corrected chi connectivity index (χ1v) is 3.70. The van der Waals surface area contributed by atoms with E-state index in [2.05, 4.69) is 10.3 Å². The molecule has 0 aliphatic heterocycles. The number of hydrogen-bond donors (Lipinski definition) is 1. The number of para-hydroxylation sites is 1. The van der Waals surface area contributed by atoms with Gasteiger partial charge in [0, 0.05) is 0 Å². The summed E-state index contributed by atoms with van der Waals surface area (Å²) in [6, 6.07) is 10.7. The quantitative estimate of drug-likeness (QED) is 0.708. The zero-order valence-electron chi connectivity index (χ0n) is 6.86. The second-order valence-electron chi connectivity index (χ2n) is 2.28. The minimum Gasteiger partial charge on any atom is -0.342 e. The molecule has 1 N–H and O–H groups in total. The lowest BCUT2D eigenvalue weighted by molar-refractivity contribution is -0.139. The van der Waals surface area contributed by atoms with Gasteiger partial charge in [-0.2, -0.15) is 5.26 Å². The molecular formula is C9H8N2O2. The Balaban J connectivity index is 2.36. The van der Waals surface area contributed by atoms with Gasteiger partial charge in [0.05, 0.1) is 11.8 Å². The molecule has 0 heterocycles. The minimum absolute atomic E-state index is 0.250. The summed E-state index contributed by atoms with van der Waals surface area (Å²) in [7, 11) is 0. The smallest absolute Gasteiger partial charge is 0.342 e. The number of nitriles is 1. The maximum Gasteiger partial charge on any atom is 0.346 e. The lowest BCUT2D eigenvalue weighted by atomic mass is 10.3. The topological polar surface area (TPSA) is 62.1 Å². The van der Waals surface area contributed by atoms with Crippen molar-refractivity contribution in [2.75, 3.05) is 5.48 Å². The lowest BCUT2D eigenvalue weighted by Gasteiger charge is -2.03. The molecule has 0 fully saturated rings. The Morgan fingerprint density at radius 1 is 1.46 bits per heavy atom. The predicted octanol–water partition coefficient (Wildman–Crippen LogP) is 1.47. The van der Waals surface area contributed by atoms with Crippen molar-refractivity contribution < 1.29 is 9.63 Å². The van der Waals surface area contributed by atoms with Crippen LogP contribution in [0.4, 0.5) is 5.69 Å². The van der Waals surface area contributed by atoms with E-state index in [1.165, 1.54) is 0 Å². The number of rotatable bonds is 3. The third-order valence-corrected chi connectivity index (χ3v) is 1.28. The van der Waals surface area contributed by atoms with Crippen LogP contribution >= 0.6 is 0 Å². The van der Waals surface area contributed by atoms with Crippen molar-refractivity contribution in [1.29, 1.82) is 5.26 Å². The number of hydrogen-bond acceptors (Lipinski definition) is 4. The Kier molecular flexibility index (Phi) is 3.33. The average molecular weight is 176 g/mol. The Labute approximate surface area is 75.7 Å². The summed E-state index contributed by atoms with van der Waals surface area (Å²) < 4.78 is 0. The molecule has 0 aliphatic carbocycles. The van der Waals surface area contributed by atoms with Crippen molar-refractivity contribution in [3.8, 4) is 6.07 Å². The highest BCUT2D eigenvalue weighted by molar-refractivity contribution is 5.72. The first kappa shape index (κ1) is 9.07. The molecule has 0 unspecified atom stereocenters. The van der Waals surface area contributed by atoms with Crippen LogP contribution in [-0.2, 0) is 9.63 Å². The van der Waals surface area contributed by atoms with Gasteiger partial charge in [0.25, 0.3) is 0 Å². The van der Waals surface area contributed by atoms with Crippen molar-refractivity contribution in [2.24, 2.45) is 0 Å². The van der Waals surface area contributed by atoms with Crippen molar-refractivity contribution >= 4 is 11.7 Å². The molecule has 1 aromatic rings. The first-order chi connectivity index (χ1) is 6.33. The van der Waals surface area contributed by atoms with Crippen LogP contribution in [0, 0.1) is 11.3 Å². The van der Waals surface area contributed by atoms with Crippen molar-refractivity contribution in [1.82, 2.24) is 0 Å². The highest BCUT2D eigenvalue weighted by atomic mass is 16.7. The molecule has 1 aromatic carbocycles. The normalized spacial score (nSPS) is 8.54. The molecule has 66 valence electrons. The third-order valence-electron chi connectivity index (χ3n) is 1.28. The molecule has 0 aliphatic rings. The minimum atomic E-state index is -0.591. The summed E-state index contributed by atoms with van der Waals surface area (Å²) in [6.45, 7) is 0. The molecule has 0 saturated heterocycles. The van der Waals surface area contributed by atoms with Crippen LogP contribution in [0.1, 0.15) is 6.42 Å². The fourth-order valence-electron chi connectivity index (χ4n) is 0.723. The number of carbonyl (C=O) groups is 1. The van der Waals surface area contributed by atoms with Crippen LogP contribution in [-0.4, -0.2) is 5.97 Å². The zero-order chi connectivity index (χ0) is 9.52. The summed E-state index contributed by atoms with van der Waals surface area (Å²) in [5, 5.41) is 8.16. The van der Waals surface area contributed by atoms with E-state index in [1.54, 1.807) is 30.3 Å². The van der Waals surface area contributed by atoms with Gasteiger partial charge in [0.15, 0.2) is 0 Å². The van der Waals surface area contributed by atoms with Crippen molar-refractivity contribution in [3.63, 3.8) is 0 Å². The number of carbonyl (C=O) groups excluding carboxylic acids is 1. The monoisotopic (exact) mass is 176 g/mol. The van der Waals surface area contributed by atoms with Gasteiger partial charge in [-0.25, -0.2) is 10.3 Å². The molecular weight excluding hydrogens is 168 g/mol. The number of nitrogens with zero attached hydrogens (tertiary/aromatic N) is 1. The Morgan fingerprint density at radius 3 is 2.77 bits per heavy atom. The van der Waals surface area contributed by atoms with E-state index in [1.807, 2.05) is 6.07 Å². The van der Waals surface area contributed by atoms with Crippen LogP contribution in [0.2, 0.25) is 0 Å². The van der Waals surface area contributed by atoms with Crippen molar-refractivity contribution in [2.45, 2.75) is 6.42 Å². The lowest BCUT2D eigenvalue weighted by Crippen LogP contribution is -2.09. The van der Waals surface area contributed by atoms with Crippen molar-refractivity contribution in [3.05, 3.63) is 30.3 Å². The maximum absolute atomic E-state index is 10.7. The van der Waals surface area contributed by atoms with Gasteiger partial charge in [-0.15, -0.1) is 0 Å². The zero-order valence-corrected chi connectivity index (χ0v) is 6.86. The van der Waals surface area contributed by atoms with E-state index in [0.717, 1.165) is 0 Å². The molecule has 4 heteroatoms. The molecule has 0 radical (unpaired) electrons. The van der Waals surface area contributed by atoms with E-state index in [4.69, 9.17) is 5.26 Å². The van der Waals surface area contributed by atoms with Gasteiger partial charge in [-0.05, 0) is 12.1 Å². The van der Waals surface area contributed by atoms with Gasteiger partial charge in [0.2, 0.25) is 0 Å². The largest absolute Gasteiger partial charge is 0.346 e. The number of benzene rings is 1. The molecule has 0 bridgehead atoms. The molecule has 0 spiro atoms. The summed E-state index contributed by atoms with van der Waals surface area (Å²) in [4.78, 5) is 15.3. The van der Waals surface area contributed by atoms with Gasteiger partial charge >= 0.3 is 5.97 Å². The van der Waals surface area contributed by atoms with E-state index >= 15 is 0 Å². The van der Waals surface area contributed by atoms with E-state index < -0.39 is 5.97 Å². The van der Waals surface area contributed by atoms with Crippen LogP contribution < -0.4 is 5.48 Å². The summed E-state index contributed by atoms with van der Waals surface area (Å²) in [6.07, 6.45) is -0.250. The Bertz CT molecular complexity index is 316. The standard InChI is InChI=1S/C9H8N2O2/c10-7-6-9(12)13-11-8-4-2-1-3-5-8/h1-5,11H,6H2. The SMILES string of the molecule is N#CCC(=O)ONc1ccccc1. The van der Waals surface area contributed by atoms with Gasteiger partial charge in [-0.1, -0.05) is 18.2 Å². The predicted molar refractivity (Wildman–Crippen MR) is 46.4 cm³/mol. The Morgan fingerprint density at radius 2 is 2.15 bits per heavy atom. The Hall–Kier alpha value is -2.02. The molecule has 0 amide bonds. The summed E-state index contributed by atoms with van der Waals surface area (Å²) >= 11 is 0. The van der Waals surface area contributed by atoms with Gasteiger partial charge < -0.3 is 4.84 Å². The molecule has 4 nitrogen and oxygen atoms in total. The molecule has 0 saturated carbocycles. The van der Waals surface area contributed by atoms with Gasteiger partial charge in [0.1, 0.15) is 6.42 Å². The highest BCUT2D eigenvalue weighted by Crippen LogP contribution is 2.04. The molecule has 0 aromatic heterocycles. The average Bonchev–Trinajstić information content (AvgIpc) is 2.17. The van der Waals surface area contributed by atoms with E-state index in [0.29, 0.717) is 5.69 Å². The number of nitrogens with one attached hydrogen (secondary N) is 1.